The maximum absolute atomic E-state index is 12.6. The van der Waals surface area contributed by atoms with Gasteiger partial charge in [0.2, 0.25) is 15.9 Å². The fourth-order valence-corrected chi connectivity index (χ4v) is 5.14. The molecule has 0 aliphatic rings. The molecular formula is C20H24N4O3S2. The summed E-state index contributed by atoms with van der Waals surface area (Å²) in [5.41, 5.74) is 3.37. The van der Waals surface area contributed by atoms with Crippen molar-refractivity contribution in [2.24, 2.45) is 0 Å². The minimum Gasteiger partial charge on any atom is -0.333 e. The number of anilines is 1. The lowest BCUT2D eigenvalue weighted by Gasteiger charge is -2.18. The summed E-state index contributed by atoms with van der Waals surface area (Å²) in [5.74, 6) is -0.0738. The second-order valence-electron chi connectivity index (χ2n) is 6.52. The van der Waals surface area contributed by atoms with Crippen molar-refractivity contribution in [2.45, 2.75) is 30.8 Å². The van der Waals surface area contributed by atoms with Gasteiger partial charge in [-0.2, -0.15) is 4.31 Å². The number of fused-ring (bicyclic) bond motifs is 1. The number of carbonyl (C=O) groups excluding carboxylic acids is 1. The number of rotatable bonds is 8. The minimum absolute atomic E-state index is 0.159. The number of nitrogens with zero attached hydrogens (tertiary/aromatic N) is 2. The van der Waals surface area contributed by atoms with Crippen LogP contribution < -0.4 is 5.32 Å². The molecule has 2 aromatic carbocycles. The summed E-state index contributed by atoms with van der Waals surface area (Å²) >= 11 is 1.30. The Kier molecular flexibility index (Phi) is 6.61. The third kappa shape index (κ3) is 4.98. The maximum Gasteiger partial charge on any atom is 0.243 e. The lowest BCUT2D eigenvalue weighted by Crippen LogP contribution is -2.30. The predicted octanol–water partition coefficient (Wildman–Crippen LogP) is 3.63. The molecule has 3 aromatic rings. The van der Waals surface area contributed by atoms with Crippen LogP contribution in [0, 0.1) is 6.92 Å². The smallest absolute Gasteiger partial charge is 0.243 e. The van der Waals surface area contributed by atoms with Gasteiger partial charge in [0.15, 0.2) is 5.16 Å². The van der Waals surface area contributed by atoms with Crippen LogP contribution in [0.25, 0.3) is 11.0 Å². The number of carbonyl (C=O) groups is 1. The van der Waals surface area contributed by atoms with Gasteiger partial charge in [-0.1, -0.05) is 37.7 Å². The number of hydrogen-bond acceptors (Lipinski definition) is 5. The third-order valence-corrected chi connectivity index (χ3v) is 7.34. The molecule has 0 unspecified atom stereocenters. The number of thioether (sulfide) groups is 1. The van der Waals surface area contributed by atoms with E-state index in [1.165, 1.54) is 28.2 Å². The van der Waals surface area contributed by atoms with Gasteiger partial charge >= 0.3 is 0 Å². The van der Waals surface area contributed by atoms with Gasteiger partial charge in [0.25, 0.3) is 0 Å². The second kappa shape index (κ2) is 8.98. The van der Waals surface area contributed by atoms with Crippen LogP contribution in [0.15, 0.2) is 52.5 Å². The number of aryl methyl sites for hydroxylation is 1. The summed E-state index contributed by atoms with van der Waals surface area (Å²) < 4.78 is 26.7. The van der Waals surface area contributed by atoms with E-state index in [4.69, 9.17) is 0 Å². The van der Waals surface area contributed by atoms with E-state index in [2.05, 4.69) is 15.3 Å². The summed E-state index contributed by atoms with van der Waals surface area (Å²) in [4.78, 5) is 20.2. The average molecular weight is 433 g/mol. The molecule has 0 aliphatic carbocycles. The van der Waals surface area contributed by atoms with Crippen LogP contribution in [0.2, 0.25) is 0 Å². The number of hydrogen-bond donors (Lipinski definition) is 2. The Morgan fingerprint density at radius 1 is 1.17 bits per heavy atom. The first kappa shape index (κ1) is 21.4. The predicted molar refractivity (Wildman–Crippen MR) is 117 cm³/mol. The maximum atomic E-state index is 12.6. The topological polar surface area (TPSA) is 95.2 Å². The van der Waals surface area contributed by atoms with Crippen LogP contribution in [0.1, 0.15) is 19.4 Å². The Morgan fingerprint density at radius 3 is 2.66 bits per heavy atom. The molecule has 0 atom stereocenters. The molecular weight excluding hydrogens is 408 g/mol. The first-order valence-corrected chi connectivity index (χ1v) is 11.7. The van der Waals surface area contributed by atoms with Crippen LogP contribution >= 0.6 is 11.8 Å². The van der Waals surface area contributed by atoms with Crippen LogP contribution in [0.4, 0.5) is 5.69 Å². The number of benzene rings is 2. The highest BCUT2D eigenvalue weighted by Crippen LogP contribution is 2.22. The van der Waals surface area contributed by atoms with Crippen molar-refractivity contribution >= 4 is 44.4 Å². The fourth-order valence-electron chi connectivity index (χ4n) is 2.95. The molecule has 0 spiro atoms. The molecule has 3 rings (SSSR count). The molecule has 1 heterocycles. The summed E-state index contributed by atoms with van der Waals surface area (Å²) in [6.07, 6.45) is 0. The number of H-pyrrole nitrogens is 1. The third-order valence-electron chi connectivity index (χ3n) is 4.42. The summed E-state index contributed by atoms with van der Waals surface area (Å²) in [6, 6.07) is 12.3. The van der Waals surface area contributed by atoms with E-state index in [0.717, 1.165) is 16.6 Å². The molecule has 0 saturated carbocycles. The molecule has 9 heteroatoms. The zero-order valence-electron chi connectivity index (χ0n) is 16.6. The highest BCUT2D eigenvalue weighted by molar-refractivity contribution is 7.99. The first-order chi connectivity index (χ1) is 13.8. The molecule has 0 aliphatic heterocycles. The normalized spacial score (nSPS) is 11.9. The molecule has 0 fully saturated rings. The van der Waals surface area contributed by atoms with Crippen molar-refractivity contribution < 1.29 is 13.2 Å². The van der Waals surface area contributed by atoms with Crippen molar-refractivity contribution in [2.75, 3.05) is 24.2 Å². The highest BCUT2D eigenvalue weighted by Gasteiger charge is 2.21. The zero-order chi connectivity index (χ0) is 21.0. The van der Waals surface area contributed by atoms with Gasteiger partial charge in [-0.3, -0.25) is 4.79 Å². The Hall–Kier alpha value is -2.36. The van der Waals surface area contributed by atoms with Crippen molar-refractivity contribution in [3.8, 4) is 0 Å². The Morgan fingerprint density at radius 2 is 1.93 bits per heavy atom. The zero-order valence-corrected chi connectivity index (χ0v) is 18.2. The van der Waals surface area contributed by atoms with E-state index in [0.29, 0.717) is 23.9 Å². The largest absolute Gasteiger partial charge is 0.333 e. The number of nitrogens with one attached hydrogen (secondary N) is 2. The van der Waals surface area contributed by atoms with E-state index < -0.39 is 10.0 Å². The van der Waals surface area contributed by atoms with Gasteiger partial charge in [0, 0.05) is 18.8 Å². The van der Waals surface area contributed by atoms with Crippen LogP contribution in [-0.2, 0) is 14.8 Å². The van der Waals surface area contributed by atoms with Crippen molar-refractivity contribution in [3.63, 3.8) is 0 Å². The molecule has 154 valence electrons. The van der Waals surface area contributed by atoms with Gasteiger partial charge in [-0.15, -0.1) is 0 Å². The van der Waals surface area contributed by atoms with Gasteiger partial charge in [-0.05, 0) is 42.8 Å². The highest BCUT2D eigenvalue weighted by atomic mass is 32.2. The Bertz CT molecular complexity index is 1120. The van der Waals surface area contributed by atoms with E-state index >= 15 is 0 Å². The molecule has 7 nitrogen and oxygen atoms in total. The van der Waals surface area contributed by atoms with Crippen molar-refractivity contribution in [3.05, 3.63) is 48.0 Å². The summed E-state index contributed by atoms with van der Waals surface area (Å²) in [6.45, 7) is 6.38. The SMILES string of the molecule is CCN(CC)S(=O)(=O)c1cccc(NC(=O)CSc2nc3ccc(C)cc3[nH]2)c1. The number of amides is 1. The van der Waals surface area contributed by atoms with Gasteiger partial charge in [0.1, 0.15) is 0 Å². The average Bonchev–Trinajstić information content (AvgIpc) is 3.09. The van der Waals surface area contributed by atoms with Gasteiger partial charge in [-0.25, -0.2) is 13.4 Å². The van der Waals surface area contributed by atoms with E-state index in [-0.39, 0.29) is 16.6 Å². The number of sulfonamides is 1. The number of imidazole rings is 1. The van der Waals surface area contributed by atoms with Crippen molar-refractivity contribution in [1.82, 2.24) is 14.3 Å². The summed E-state index contributed by atoms with van der Waals surface area (Å²) in [5, 5.41) is 3.42. The summed E-state index contributed by atoms with van der Waals surface area (Å²) in [7, 11) is -3.57. The lowest BCUT2D eigenvalue weighted by atomic mass is 10.2. The molecule has 1 amide bonds. The Labute approximate surface area is 175 Å². The Balaban J connectivity index is 1.66. The quantitative estimate of drug-likeness (QED) is 0.530. The van der Waals surface area contributed by atoms with Crippen LogP contribution in [0.5, 0.6) is 0 Å². The van der Waals surface area contributed by atoms with Crippen LogP contribution in [0.3, 0.4) is 0 Å². The van der Waals surface area contributed by atoms with Crippen molar-refractivity contribution in [1.29, 1.82) is 0 Å². The molecule has 1 aromatic heterocycles. The minimum atomic E-state index is -3.57. The second-order valence-corrected chi connectivity index (χ2v) is 9.42. The molecule has 29 heavy (non-hydrogen) atoms. The van der Waals surface area contributed by atoms with Gasteiger partial charge < -0.3 is 10.3 Å². The monoisotopic (exact) mass is 432 g/mol. The molecule has 0 radical (unpaired) electrons. The first-order valence-electron chi connectivity index (χ1n) is 9.32. The number of aromatic amines is 1. The van der Waals surface area contributed by atoms with E-state index in [9.17, 15) is 13.2 Å². The standard InChI is InChI=1S/C20H24N4O3S2/c1-4-24(5-2)29(26,27)16-8-6-7-15(12-16)21-19(25)13-28-20-22-17-10-9-14(3)11-18(17)23-20/h6-12H,4-5,13H2,1-3H3,(H,21,25)(H,22,23). The fraction of sp³-hybridized carbons (Fsp3) is 0.300. The molecule has 0 saturated heterocycles. The van der Waals surface area contributed by atoms with E-state index in [1.54, 1.807) is 26.0 Å². The van der Waals surface area contributed by atoms with E-state index in [1.807, 2.05) is 25.1 Å². The van der Waals surface area contributed by atoms with Gasteiger partial charge in [0.05, 0.1) is 21.7 Å². The lowest BCUT2D eigenvalue weighted by molar-refractivity contribution is -0.113. The van der Waals surface area contributed by atoms with Crippen LogP contribution in [-0.4, -0.2) is 47.4 Å². The molecule has 0 bridgehead atoms. The molecule has 2 N–H and O–H groups in total. The number of aromatic nitrogens is 2.